The van der Waals surface area contributed by atoms with E-state index in [0.29, 0.717) is 11.2 Å². The fourth-order valence-electron chi connectivity index (χ4n) is 3.19. The fourth-order valence-corrected chi connectivity index (χ4v) is 3.84. The Balaban J connectivity index is 2.01. The predicted octanol–water partition coefficient (Wildman–Crippen LogP) is 4.39. The first kappa shape index (κ1) is 22.7. The third kappa shape index (κ3) is 4.87. The maximum atomic E-state index is 13.4. The summed E-state index contributed by atoms with van der Waals surface area (Å²) in [5.41, 5.74) is -0.690. The van der Waals surface area contributed by atoms with Crippen molar-refractivity contribution in [2.45, 2.75) is 37.9 Å². The number of Topliss-reactive ketones (excluding diaryl/α,β-unsaturated/α-hetero) is 1. The van der Waals surface area contributed by atoms with E-state index < -0.39 is 39.1 Å². The highest BCUT2D eigenvalue weighted by Gasteiger charge is 2.37. The van der Waals surface area contributed by atoms with Crippen LogP contribution in [0.1, 0.15) is 48.6 Å². The zero-order valence-corrected chi connectivity index (χ0v) is 18.0. The molecule has 7 nitrogen and oxygen atoms in total. The Morgan fingerprint density at radius 1 is 1.19 bits per heavy atom. The number of ketones is 1. The lowest BCUT2D eigenvalue weighted by Gasteiger charge is -2.22. The number of rotatable bonds is 6. The lowest BCUT2D eigenvalue weighted by molar-refractivity contribution is -0.141. The molecule has 31 heavy (non-hydrogen) atoms. The summed E-state index contributed by atoms with van der Waals surface area (Å²) in [4.78, 5) is 22.2. The third-order valence-corrected chi connectivity index (χ3v) is 5.88. The molecule has 3 aromatic rings. The molecule has 1 atom stereocenters. The maximum Gasteiger partial charge on any atom is 0.434 e. The van der Waals surface area contributed by atoms with Gasteiger partial charge in [0.1, 0.15) is 0 Å². The van der Waals surface area contributed by atoms with Gasteiger partial charge in [-0.2, -0.15) is 13.2 Å². The molecule has 0 saturated carbocycles. The Morgan fingerprint density at radius 2 is 1.87 bits per heavy atom. The first-order valence-corrected chi connectivity index (χ1v) is 11.2. The quantitative estimate of drug-likeness (QED) is 0.535. The number of aromatic nitrogens is 3. The molecule has 166 valence electrons. The molecule has 0 aliphatic carbocycles. The van der Waals surface area contributed by atoms with E-state index in [4.69, 9.17) is 0 Å². The number of H-pyrrole nitrogens is 1. The van der Waals surface area contributed by atoms with Gasteiger partial charge in [0, 0.05) is 23.7 Å². The normalized spacial score (nSPS) is 13.5. The second kappa shape index (κ2) is 7.95. The van der Waals surface area contributed by atoms with Gasteiger partial charge in [-0.25, -0.2) is 18.4 Å². The van der Waals surface area contributed by atoms with E-state index in [2.05, 4.69) is 20.3 Å². The second-order valence-corrected chi connectivity index (χ2v) is 9.64. The summed E-state index contributed by atoms with van der Waals surface area (Å²) >= 11 is 0. The number of anilines is 1. The van der Waals surface area contributed by atoms with Gasteiger partial charge in [-0.15, -0.1) is 0 Å². The Hall–Kier alpha value is -2.95. The summed E-state index contributed by atoms with van der Waals surface area (Å²) in [5.74, 6) is -1.14. The van der Waals surface area contributed by atoms with E-state index in [0.717, 1.165) is 24.8 Å². The van der Waals surface area contributed by atoms with Crippen molar-refractivity contribution in [2.75, 3.05) is 11.6 Å². The van der Waals surface area contributed by atoms with Gasteiger partial charge < -0.3 is 10.3 Å². The van der Waals surface area contributed by atoms with Crippen molar-refractivity contribution in [3.63, 3.8) is 0 Å². The molecule has 0 aliphatic rings. The number of aromatic amines is 1. The zero-order chi connectivity index (χ0) is 23.1. The minimum absolute atomic E-state index is 0.0899. The van der Waals surface area contributed by atoms with Gasteiger partial charge in [-0.05, 0) is 36.4 Å². The lowest BCUT2D eigenvalue weighted by atomic mass is 10.0. The van der Waals surface area contributed by atoms with Crippen molar-refractivity contribution in [2.24, 2.45) is 5.92 Å². The van der Waals surface area contributed by atoms with E-state index >= 15 is 0 Å². The van der Waals surface area contributed by atoms with Gasteiger partial charge in [-0.1, -0.05) is 19.9 Å². The highest BCUT2D eigenvalue weighted by atomic mass is 32.2. The standard InChI is InChI=1S/C20H21F3N4O3S/c1-10(2)17(16-7-12-5-6-13(31(4,29)30)8-15(12)25-16)26-19-24-9-14(11(3)28)18(27-19)20(21,22)23/h5-10,17,25H,1-4H3,(H,24,26,27). The molecule has 11 heteroatoms. The summed E-state index contributed by atoms with van der Waals surface area (Å²) in [5, 5.41) is 3.64. The van der Waals surface area contributed by atoms with Crippen molar-refractivity contribution >= 4 is 32.5 Å². The van der Waals surface area contributed by atoms with Crippen LogP contribution in [-0.4, -0.2) is 35.4 Å². The van der Waals surface area contributed by atoms with Crippen LogP contribution in [0, 0.1) is 5.92 Å². The van der Waals surface area contributed by atoms with Crippen molar-refractivity contribution in [1.82, 2.24) is 15.0 Å². The van der Waals surface area contributed by atoms with Gasteiger partial charge in [0.05, 0.1) is 16.5 Å². The number of alkyl halides is 3. The molecule has 2 aromatic heterocycles. The SMILES string of the molecule is CC(=O)c1cnc(NC(c2cc3ccc(S(C)(=O)=O)cc3[nH]2)C(C)C)nc1C(F)(F)F. The summed E-state index contributed by atoms with van der Waals surface area (Å²) < 4.78 is 63.7. The first-order chi connectivity index (χ1) is 14.3. The van der Waals surface area contributed by atoms with E-state index in [-0.39, 0.29) is 16.8 Å². The molecule has 0 radical (unpaired) electrons. The smallest absolute Gasteiger partial charge is 0.357 e. The molecule has 0 bridgehead atoms. The average Bonchev–Trinajstić information content (AvgIpc) is 3.06. The summed E-state index contributed by atoms with van der Waals surface area (Å²) in [7, 11) is -3.39. The summed E-state index contributed by atoms with van der Waals surface area (Å²) in [6.07, 6.45) is -2.84. The number of sulfone groups is 1. The van der Waals surface area contributed by atoms with E-state index in [9.17, 15) is 26.4 Å². The van der Waals surface area contributed by atoms with E-state index in [1.54, 1.807) is 12.1 Å². The van der Waals surface area contributed by atoms with Crippen LogP contribution in [0.2, 0.25) is 0 Å². The van der Waals surface area contributed by atoms with Crippen LogP contribution in [0.4, 0.5) is 19.1 Å². The van der Waals surface area contributed by atoms with Crippen molar-refractivity contribution in [3.8, 4) is 0 Å². The van der Waals surface area contributed by atoms with Gasteiger partial charge in [-0.3, -0.25) is 4.79 Å². The topological polar surface area (TPSA) is 105 Å². The number of fused-ring (bicyclic) bond motifs is 1. The minimum atomic E-state index is -4.81. The van der Waals surface area contributed by atoms with Crippen molar-refractivity contribution in [1.29, 1.82) is 0 Å². The molecule has 0 amide bonds. The maximum absolute atomic E-state index is 13.4. The number of halogens is 3. The van der Waals surface area contributed by atoms with Crippen LogP contribution in [0.3, 0.4) is 0 Å². The fraction of sp³-hybridized carbons (Fsp3) is 0.350. The number of hydrogen-bond donors (Lipinski definition) is 2. The highest BCUT2D eigenvalue weighted by molar-refractivity contribution is 7.90. The second-order valence-electron chi connectivity index (χ2n) is 7.62. The molecule has 3 rings (SSSR count). The average molecular weight is 454 g/mol. The van der Waals surface area contributed by atoms with Crippen molar-refractivity contribution in [3.05, 3.63) is 47.4 Å². The summed E-state index contributed by atoms with van der Waals surface area (Å²) in [6, 6.07) is 5.94. The largest absolute Gasteiger partial charge is 0.434 e. The monoisotopic (exact) mass is 454 g/mol. The van der Waals surface area contributed by atoms with Crippen LogP contribution in [0.15, 0.2) is 35.4 Å². The third-order valence-electron chi connectivity index (χ3n) is 4.77. The first-order valence-electron chi connectivity index (χ1n) is 9.32. The summed E-state index contributed by atoms with van der Waals surface area (Å²) in [6.45, 7) is 4.74. The predicted molar refractivity (Wildman–Crippen MR) is 110 cm³/mol. The molecule has 0 aliphatic heterocycles. The number of carbonyl (C=O) groups is 1. The molecule has 0 fully saturated rings. The molecular formula is C20H21F3N4O3S. The molecule has 0 spiro atoms. The number of nitrogens with one attached hydrogen (secondary N) is 2. The van der Waals surface area contributed by atoms with E-state index in [1.165, 1.54) is 12.1 Å². The van der Waals surface area contributed by atoms with E-state index in [1.807, 2.05) is 13.8 Å². The Bertz CT molecular complexity index is 1250. The lowest BCUT2D eigenvalue weighted by Crippen LogP contribution is -2.21. The number of nitrogens with zero attached hydrogens (tertiary/aromatic N) is 2. The molecule has 2 heterocycles. The molecule has 2 N–H and O–H groups in total. The van der Waals surface area contributed by atoms with Crippen LogP contribution >= 0.6 is 0 Å². The van der Waals surface area contributed by atoms with Crippen molar-refractivity contribution < 1.29 is 26.4 Å². The van der Waals surface area contributed by atoms with Gasteiger partial charge in [0.2, 0.25) is 5.95 Å². The Morgan fingerprint density at radius 3 is 2.42 bits per heavy atom. The number of hydrogen-bond acceptors (Lipinski definition) is 6. The Labute approximate surface area is 177 Å². The minimum Gasteiger partial charge on any atom is -0.357 e. The van der Waals surface area contributed by atoms with Crippen LogP contribution in [0.5, 0.6) is 0 Å². The molecule has 1 aromatic carbocycles. The van der Waals surface area contributed by atoms with Gasteiger partial charge in [0.15, 0.2) is 21.3 Å². The molecule has 1 unspecified atom stereocenters. The molecular weight excluding hydrogens is 433 g/mol. The number of benzene rings is 1. The highest BCUT2D eigenvalue weighted by Crippen LogP contribution is 2.33. The Kier molecular flexibility index (Phi) is 5.83. The van der Waals surface area contributed by atoms with Crippen LogP contribution in [0.25, 0.3) is 10.9 Å². The van der Waals surface area contributed by atoms with Gasteiger partial charge >= 0.3 is 6.18 Å². The number of carbonyl (C=O) groups excluding carboxylic acids is 1. The van der Waals surface area contributed by atoms with Crippen LogP contribution in [-0.2, 0) is 16.0 Å². The zero-order valence-electron chi connectivity index (χ0n) is 17.2. The van der Waals surface area contributed by atoms with Crippen LogP contribution < -0.4 is 5.32 Å². The van der Waals surface area contributed by atoms with Gasteiger partial charge in [0.25, 0.3) is 0 Å². The molecule has 0 saturated heterocycles.